The van der Waals surface area contributed by atoms with Gasteiger partial charge in [0.25, 0.3) is 0 Å². The minimum Gasteiger partial charge on any atom is -0.392 e. The second-order valence-electron chi connectivity index (χ2n) is 5.54. The van der Waals surface area contributed by atoms with Crippen LogP contribution in [-0.2, 0) is 13.0 Å². The van der Waals surface area contributed by atoms with E-state index in [0.29, 0.717) is 12.5 Å². The molecule has 0 amide bonds. The summed E-state index contributed by atoms with van der Waals surface area (Å²) >= 11 is 0. The minimum absolute atomic E-state index is 0.241. The van der Waals surface area contributed by atoms with Crippen LogP contribution in [0, 0.1) is 5.92 Å². The maximum absolute atomic E-state index is 9.81. The third-order valence-corrected chi connectivity index (χ3v) is 3.37. The number of aliphatic hydroxyl groups excluding tert-OH is 1. The van der Waals surface area contributed by atoms with Crippen molar-refractivity contribution in [3.05, 3.63) is 29.3 Å². The van der Waals surface area contributed by atoms with Gasteiger partial charge in [0.05, 0.1) is 6.10 Å². The molecule has 1 aromatic carbocycles. The Bertz CT molecular complexity index is 390. The largest absolute Gasteiger partial charge is 0.392 e. The van der Waals surface area contributed by atoms with Gasteiger partial charge in [-0.25, -0.2) is 0 Å². The topological polar surface area (TPSA) is 44.3 Å². The van der Waals surface area contributed by atoms with Crippen molar-refractivity contribution in [1.82, 2.24) is 5.32 Å². The van der Waals surface area contributed by atoms with Crippen LogP contribution in [0.25, 0.3) is 0 Å². The lowest BCUT2D eigenvalue weighted by atomic mass is 10.1. The van der Waals surface area contributed by atoms with E-state index in [1.165, 1.54) is 16.8 Å². The highest BCUT2D eigenvalue weighted by Gasteiger charge is 2.13. The molecular weight excluding hydrogens is 224 g/mol. The SMILES string of the molecule is CC(C)CC(O)CNCc1cccc2c1NCC2. The van der Waals surface area contributed by atoms with Crippen molar-refractivity contribution in [1.29, 1.82) is 0 Å². The van der Waals surface area contributed by atoms with Gasteiger partial charge < -0.3 is 15.7 Å². The first kappa shape index (κ1) is 13.4. The molecule has 100 valence electrons. The Morgan fingerprint density at radius 1 is 1.39 bits per heavy atom. The molecule has 0 aromatic heterocycles. The van der Waals surface area contributed by atoms with Gasteiger partial charge in [0, 0.05) is 25.3 Å². The zero-order valence-electron chi connectivity index (χ0n) is 11.4. The van der Waals surface area contributed by atoms with Crippen molar-refractivity contribution in [2.24, 2.45) is 5.92 Å². The lowest BCUT2D eigenvalue weighted by Crippen LogP contribution is -2.27. The number of hydrogen-bond acceptors (Lipinski definition) is 3. The molecule has 18 heavy (non-hydrogen) atoms. The molecule has 3 heteroatoms. The molecule has 1 aliphatic heterocycles. The summed E-state index contributed by atoms with van der Waals surface area (Å²) in [5, 5.41) is 16.6. The Hall–Kier alpha value is -1.06. The van der Waals surface area contributed by atoms with Gasteiger partial charge in [-0.2, -0.15) is 0 Å². The van der Waals surface area contributed by atoms with Crippen molar-refractivity contribution in [3.8, 4) is 0 Å². The molecule has 0 aliphatic carbocycles. The van der Waals surface area contributed by atoms with Gasteiger partial charge >= 0.3 is 0 Å². The van der Waals surface area contributed by atoms with Gasteiger partial charge in [-0.1, -0.05) is 32.0 Å². The van der Waals surface area contributed by atoms with Crippen molar-refractivity contribution in [3.63, 3.8) is 0 Å². The lowest BCUT2D eigenvalue weighted by molar-refractivity contribution is 0.146. The Morgan fingerprint density at radius 2 is 2.22 bits per heavy atom. The summed E-state index contributed by atoms with van der Waals surface area (Å²) in [4.78, 5) is 0. The number of fused-ring (bicyclic) bond motifs is 1. The van der Waals surface area contributed by atoms with E-state index in [1.807, 2.05) is 0 Å². The number of rotatable bonds is 6. The number of para-hydroxylation sites is 1. The Kier molecular flexibility index (Phi) is 4.61. The van der Waals surface area contributed by atoms with E-state index >= 15 is 0 Å². The van der Waals surface area contributed by atoms with Crippen molar-refractivity contribution in [2.75, 3.05) is 18.4 Å². The van der Waals surface area contributed by atoms with Crippen LogP contribution in [0.5, 0.6) is 0 Å². The average Bonchev–Trinajstić information content (AvgIpc) is 2.76. The molecule has 1 aromatic rings. The molecule has 1 aliphatic rings. The van der Waals surface area contributed by atoms with Gasteiger partial charge in [0.1, 0.15) is 0 Å². The number of aliphatic hydroxyl groups is 1. The molecule has 0 radical (unpaired) electrons. The molecule has 0 fully saturated rings. The molecule has 2 rings (SSSR count). The Morgan fingerprint density at radius 3 is 3.00 bits per heavy atom. The van der Waals surface area contributed by atoms with Gasteiger partial charge in [-0.05, 0) is 29.9 Å². The lowest BCUT2D eigenvalue weighted by Gasteiger charge is -2.15. The zero-order valence-corrected chi connectivity index (χ0v) is 11.4. The molecule has 0 spiro atoms. The van der Waals surface area contributed by atoms with Crippen LogP contribution in [0.15, 0.2) is 18.2 Å². The third-order valence-electron chi connectivity index (χ3n) is 3.37. The van der Waals surface area contributed by atoms with E-state index in [9.17, 15) is 5.11 Å². The predicted molar refractivity (Wildman–Crippen MR) is 75.8 cm³/mol. The van der Waals surface area contributed by atoms with Crippen LogP contribution in [-0.4, -0.2) is 24.3 Å². The normalized spacial score (nSPS) is 15.6. The van der Waals surface area contributed by atoms with Crippen molar-refractivity contribution in [2.45, 2.75) is 39.3 Å². The zero-order chi connectivity index (χ0) is 13.0. The van der Waals surface area contributed by atoms with Gasteiger partial charge in [-0.3, -0.25) is 0 Å². The number of nitrogens with one attached hydrogen (secondary N) is 2. The van der Waals surface area contributed by atoms with E-state index in [-0.39, 0.29) is 6.10 Å². The van der Waals surface area contributed by atoms with Crippen LogP contribution in [0.2, 0.25) is 0 Å². The maximum Gasteiger partial charge on any atom is 0.0667 e. The van der Waals surface area contributed by atoms with Crippen molar-refractivity contribution >= 4 is 5.69 Å². The second kappa shape index (κ2) is 6.21. The first-order valence-corrected chi connectivity index (χ1v) is 6.90. The summed E-state index contributed by atoms with van der Waals surface area (Å²) in [5.41, 5.74) is 4.02. The maximum atomic E-state index is 9.81. The fourth-order valence-corrected chi connectivity index (χ4v) is 2.56. The molecule has 3 nitrogen and oxygen atoms in total. The monoisotopic (exact) mass is 248 g/mol. The molecule has 0 bridgehead atoms. The summed E-state index contributed by atoms with van der Waals surface area (Å²) in [6, 6.07) is 6.46. The fourth-order valence-electron chi connectivity index (χ4n) is 2.56. The number of benzene rings is 1. The molecular formula is C15H24N2O. The van der Waals surface area contributed by atoms with E-state index < -0.39 is 0 Å². The van der Waals surface area contributed by atoms with Gasteiger partial charge in [0.2, 0.25) is 0 Å². The molecule has 0 saturated carbocycles. The molecule has 1 heterocycles. The van der Waals surface area contributed by atoms with E-state index in [0.717, 1.165) is 25.9 Å². The van der Waals surface area contributed by atoms with Gasteiger partial charge in [0.15, 0.2) is 0 Å². The average molecular weight is 248 g/mol. The number of hydrogen-bond donors (Lipinski definition) is 3. The fraction of sp³-hybridized carbons (Fsp3) is 0.600. The van der Waals surface area contributed by atoms with E-state index in [2.05, 4.69) is 42.7 Å². The third kappa shape index (κ3) is 3.47. The second-order valence-corrected chi connectivity index (χ2v) is 5.54. The number of anilines is 1. The molecule has 3 N–H and O–H groups in total. The van der Waals surface area contributed by atoms with Gasteiger partial charge in [-0.15, -0.1) is 0 Å². The quantitative estimate of drug-likeness (QED) is 0.723. The van der Waals surface area contributed by atoms with Crippen LogP contribution >= 0.6 is 0 Å². The molecule has 0 saturated heterocycles. The highest BCUT2D eigenvalue weighted by atomic mass is 16.3. The Balaban J connectivity index is 1.82. The molecule has 1 atom stereocenters. The standard InChI is InChI=1S/C15H24N2O/c1-11(2)8-14(18)10-16-9-13-5-3-4-12-6-7-17-15(12)13/h3-5,11,14,16-18H,6-10H2,1-2H3. The van der Waals surface area contributed by atoms with Crippen LogP contribution in [0.1, 0.15) is 31.4 Å². The molecule has 1 unspecified atom stereocenters. The Labute approximate surface area is 110 Å². The highest BCUT2D eigenvalue weighted by molar-refractivity contribution is 5.61. The van der Waals surface area contributed by atoms with Crippen LogP contribution < -0.4 is 10.6 Å². The summed E-state index contributed by atoms with van der Waals surface area (Å²) in [7, 11) is 0. The van der Waals surface area contributed by atoms with Crippen LogP contribution in [0.3, 0.4) is 0 Å². The van der Waals surface area contributed by atoms with E-state index in [4.69, 9.17) is 0 Å². The summed E-state index contributed by atoms with van der Waals surface area (Å²) in [6.45, 7) is 6.81. The van der Waals surface area contributed by atoms with Crippen LogP contribution in [0.4, 0.5) is 5.69 Å². The summed E-state index contributed by atoms with van der Waals surface area (Å²) < 4.78 is 0. The highest BCUT2D eigenvalue weighted by Crippen LogP contribution is 2.26. The smallest absolute Gasteiger partial charge is 0.0667 e. The summed E-state index contributed by atoms with van der Waals surface area (Å²) in [5.74, 6) is 0.546. The first-order valence-electron chi connectivity index (χ1n) is 6.90. The summed E-state index contributed by atoms with van der Waals surface area (Å²) in [6.07, 6.45) is 1.74. The first-order chi connectivity index (χ1) is 8.66. The van der Waals surface area contributed by atoms with E-state index in [1.54, 1.807) is 0 Å². The van der Waals surface area contributed by atoms with Crippen molar-refractivity contribution < 1.29 is 5.11 Å². The minimum atomic E-state index is -0.241. The predicted octanol–water partition coefficient (Wildman–Crippen LogP) is 2.15.